The van der Waals surface area contributed by atoms with Crippen LogP contribution >= 0.6 is 0 Å². The predicted octanol–water partition coefficient (Wildman–Crippen LogP) is -1.28. The van der Waals surface area contributed by atoms with Crippen molar-refractivity contribution in [2.75, 3.05) is 7.11 Å². The van der Waals surface area contributed by atoms with Crippen molar-refractivity contribution in [3.63, 3.8) is 0 Å². The molecule has 6 nitrogen and oxygen atoms in total. The lowest BCUT2D eigenvalue weighted by Crippen LogP contribution is -2.51. The predicted molar refractivity (Wildman–Crippen MR) is 54.3 cm³/mol. The van der Waals surface area contributed by atoms with Crippen molar-refractivity contribution in [2.24, 2.45) is 0 Å². The Morgan fingerprint density at radius 3 is 2.62 bits per heavy atom. The molecule has 0 saturated carbocycles. The number of hydrogen-bond acceptors (Lipinski definition) is 5. The molecule has 1 aliphatic carbocycles. The molecule has 16 heavy (non-hydrogen) atoms. The highest BCUT2D eigenvalue weighted by Gasteiger charge is 2.41. The molecule has 0 radical (unpaired) electrons. The topological polar surface area (TPSA) is 95.9 Å². The summed E-state index contributed by atoms with van der Waals surface area (Å²) in [4.78, 5) is 22.0. The fourth-order valence-corrected chi connectivity index (χ4v) is 1.61. The van der Waals surface area contributed by atoms with Crippen molar-refractivity contribution in [1.82, 2.24) is 5.32 Å². The zero-order valence-corrected chi connectivity index (χ0v) is 9.14. The Balaban J connectivity index is 2.79. The average molecular weight is 229 g/mol. The summed E-state index contributed by atoms with van der Waals surface area (Å²) in [6.45, 7) is 1.32. The first-order valence-electron chi connectivity index (χ1n) is 4.84. The summed E-state index contributed by atoms with van der Waals surface area (Å²) >= 11 is 0. The molecule has 1 rings (SSSR count). The molecule has 0 aromatic rings. The van der Waals surface area contributed by atoms with Crippen molar-refractivity contribution in [3.8, 4) is 0 Å². The molecule has 1 aliphatic rings. The van der Waals surface area contributed by atoms with E-state index in [9.17, 15) is 19.8 Å². The van der Waals surface area contributed by atoms with Crippen molar-refractivity contribution >= 4 is 11.9 Å². The number of methoxy groups -OCH3 is 1. The van der Waals surface area contributed by atoms with E-state index in [0.717, 1.165) is 7.11 Å². The first-order chi connectivity index (χ1) is 7.39. The molecule has 3 N–H and O–H groups in total. The van der Waals surface area contributed by atoms with Gasteiger partial charge in [0.1, 0.15) is 0 Å². The molecule has 1 amide bonds. The highest BCUT2D eigenvalue weighted by atomic mass is 16.5. The zero-order valence-electron chi connectivity index (χ0n) is 9.14. The van der Waals surface area contributed by atoms with Gasteiger partial charge in [-0.25, -0.2) is 4.79 Å². The van der Waals surface area contributed by atoms with Gasteiger partial charge in [0, 0.05) is 13.3 Å². The van der Waals surface area contributed by atoms with Crippen molar-refractivity contribution in [2.45, 2.75) is 31.1 Å². The van der Waals surface area contributed by atoms with Gasteiger partial charge in [-0.3, -0.25) is 4.79 Å². The van der Waals surface area contributed by atoms with E-state index in [4.69, 9.17) is 0 Å². The van der Waals surface area contributed by atoms with Crippen LogP contribution in [0.15, 0.2) is 12.2 Å². The van der Waals surface area contributed by atoms with E-state index in [-0.39, 0.29) is 12.3 Å². The molecule has 0 aliphatic heterocycles. The third kappa shape index (κ3) is 2.59. The molecule has 6 heteroatoms. The average Bonchev–Trinajstić information content (AvgIpc) is 2.21. The second kappa shape index (κ2) is 4.63. The Hall–Kier alpha value is -1.40. The number of hydrogen-bond donors (Lipinski definition) is 3. The first-order valence-corrected chi connectivity index (χ1v) is 4.84. The SMILES string of the molecule is COC(=O)[C@]1(O)C=C[C@H](NC(C)=O)[C@H](O)C1. The van der Waals surface area contributed by atoms with Gasteiger partial charge in [0.25, 0.3) is 0 Å². The minimum Gasteiger partial charge on any atom is -0.467 e. The first kappa shape index (κ1) is 12.7. The van der Waals surface area contributed by atoms with Crippen LogP contribution in [0.3, 0.4) is 0 Å². The van der Waals surface area contributed by atoms with Gasteiger partial charge < -0.3 is 20.3 Å². The smallest absolute Gasteiger partial charge is 0.342 e. The van der Waals surface area contributed by atoms with Crippen LogP contribution in [0.1, 0.15) is 13.3 Å². The van der Waals surface area contributed by atoms with Crippen LogP contribution in [0.2, 0.25) is 0 Å². The quantitative estimate of drug-likeness (QED) is 0.405. The van der Waals surface area contributed by atoms with Gasteiger partial charge in [-0.1, -0.05) is 6.08 Å². The normalized spacial score (nSPS) is 33.2. The highest BCUT2D eigenvalue weighted by Crippen LogP contribution is 2.24. The largest absolute Gasteiger partial charge is 0.467 e. The van der Waals surface area contributed by atoms with E-state index in [0.29, 0.717) is 0 Å². The minimum atomic E-state index is -1.82. The standard InChI is InChI=1S/C10H15NO5/c1-6(12)11-7-3-4-10(15,5-8(7)13)9(14)16-2/h3-4,7-8,13,15H,5H2,1-2H3,(H,11,12)/t7-,8+,10-/m0/s1. The van der Waals surface area contributed by atoms with Gasteiger partial charge in [0.2, 0.25) is 5.91 Å². The van der Waals surface area contributed by atoms with Crippen molar-refractivity contribution < 1.29 is 24.5 Å². The number of aliphatic hydroxyl groups is 2. The summed E-state index contributed by atoms with van der Waals surface area (Å²) in [5.41, 5.74) is -1.82. The maximum Gasteiger partial charge on any atom is 0.342 e. The molecule has 0 aromatic heterocycles. The Kier molecular flexibility index (Phi) is 3.66. The summed E-state index contributed by atoms with van der Waals surface area (Å²) in [5.74, 6) is -1.12. The Bertz CT molecular complexity index is 327. The number of carbonyl (C=O) groups is 2. The molecule has 0 aromatic carbocycles. The van der Waals surface area contributed by atoms with Crippen LogP contribution in [0, 0.1) is 0 Å². The molecule has 3 atom stereocenters. The van der Waals surface area contributed by atoms with Crippen LogP contribution in [0.4, 0.5) is 0 Å². The molecular formula is C10H15NO5. The van der Waals surface area contributed by atoms with E-state index in [2.05, 4.69) is 10.1 Å². The molecule has 0 spiro atoms. The van der Waals surface area contributed by atoms with Gasteiger partial charge >= 0.3 is 5.97 Å². The van der Waals surface area contributed by atoms with Crippen molar-refractivity contribution in [1.29, 1.82) is 0 Å². The number of amides is 1. The number of ether oxygens (including phenoxy) is 1. The van der Waals surface area contributed by atoms with Crippen LogP contribution in [-0.2, 0) is 14.3 Å². The Labute approximate surface area is 92.9 Å². The Morgan fingerprint density at radius 1 is 1.56 bits per heavy atom. The van der Waals surface area contributed by atoms with Crippen LogP contribution < -0.4 is 5.32 Å². The molecule has 0 saturated heterocycles. The molecular weight excluding hydrogens is 214 g/mol. The number of nitrogens with one attached hydrogen (secondary N) is 1. The highest BCUT2D eigenvalue weighted by molar-refractivity contribution is 5.82. The van der Waals surface area contributed by atoms with Gasteiger partial charge in [0.05, 0.1) is 19.3 Å². The fourth-order valence-electron chi connectivity index (χ4n) is 1.61. The van der Waals surface area contributed by atoms with Gasteiger partial charge in [-0.15, -0.1) is 0 Å². The summed E-state index contributed by atoms with van der Waals surface area (Å²) < 4.78 is 4.42. The number of rotatable bonds is 2. The number of esters is 1. The lowest BCUT2D eigenvalue weighted by atomic mass is 9.86. The molecule has 90 valence electrons. The fraction of sp³-hybridized carbons (Fsp3) is 0.600. The third-order valence-electron chi connectivity index (χ3n) is 2.42. The molecule has 0 heterocycles. The number of aliphatic hydroxyl groups excluding tert-OH is 1. The van der Waals surface area contributed by atoms with E-state index in [1.54, 1.807) is 0 Å². The zero-order chi connectivity index (χ0) is 12.3. The second-order valence-corrected chi connectivity index (χ2v) is 3.77. The Morgan fingerprint density at radius 2 is 2.19 bits per heavy atom. The van der Waals surface area contributed by atoms with Gasteiger partial charge in [-0.05, 0) is 6.08 Å². The van der Waals surface area contributed by atoms with E-state index >= 15 is 0 Å². The summed E-state index contributed by atoms with van der Waals surface area (Å²) in [5, 5.41) is 22.0. The van der Waals surface area contributed by atoms with E-state index < -0.39 is 23.7 Å². The lowest BCUT2D eigenvalue weighted by molar-refractivity contribution is -0.160. The molecule has 0 unspecified atom stereocenters. The number of carbonyl (C=O) groups excluding carboxylic acids is 2. The summed E-state index contributed by atoms with van der Waals surface area (Å²) in [6.07, 6.45) is 1.37. The van der Waals surface area contributed by atoms with E-state index in [1.807, 2.05) is 0 Å². The maximum absolute atomic E-state index is 11.2. The van der Waals surface area contributed by atoms with Gasteiger partial charge in [0.15, 0.2) is 5.60 Å². The van der Waals surface area contributed by atoms with Crippen LogP contribution in [0.25, 0.3) is 0 Å². The van der Waals surface area contributed by atoms with Crippen molar-refractivity contribution in [3.05, 3.63) is 12.2 Å². The molecule has 0 fully saturated rings. The molecule has 0 bridgehead atoms. The second-order valence-electron chi connectivity index (χ2n) is 3.77. The van der Waals surface area contributed by atoms with Gasteiger partial charge in [-0.2, -0.15) is 0 Å². The summed E-state index contributed by atoms with van der Waals surface area (Å²) in [6, 6.07) is -0.595. The minimum absolute atomic E-state index is 0.207. The summed E-state index contributed by atoms with van der Waals surface area (Å²) in [7, 11) is 1.15. The monoisotopic (exact) mass is 229 g/mol. The lowest BCUT2D eigenvalue weighted by Gasteiger charge is -2.32. The third-order valence-corrected chi connectivity index (χ3v) is 2.42. The van der Waals surface area contributed by atoms with Crippen LogP contribution in [-0.4, -0.2) is 46.9 Å². The van der Waals surface area contributed by atoms with Crippen LogP contribution in [0.5, 0.6) is 0 Å². The maximum atomic E-state index is 11.2. The van der Waals surface area contributed by atoms with E-state index in [1.165, 1.54) is 19.1 Å².